The fourth-order valence-corrected chi connectivity index (χ4v) is 5.29. The lowest BCUT2D eigenvalue weighted by molar-refractivity contribution is -0.0639. The van der Waals surface area contributed by atoms with Crippen molar-refractivity contribution in [3.8, 4) is 0 Å². The van der Waals surface area contributed by atoms with Gasteiger partial charge in [-0.2, -0.15) is 0 Å². The van der Waals surface area contributed by atoms with Crippen molar-refractivity contribution in [2.45, 2.75) is 12.3 Å². The van der Waals surface area contributed by atoms with Crippen molar-refractivity contribution in [1.29, 1.82) is 0 Å². The van der Waals surface area contributed by atoms with Crippen molar-refractivity contribution in [3.63, 3.8) is 0 Å². The van der Waals surface area contributed by atoms with Crippen LogP contribution in [-0.4, -0.2) is 234 Å². The highest BCUT2D eigenvalue weighted by Crippen LogP contribution is 2.40. The number of carbonyl (C=O) groups is 5. The van der Waals surface area contributed by atoms with E-state index in [0.717, 1.165) is 4.90 Å². The molecule has 0 bridgehead atoms. The number of hydrogen-bond acceptors (Lipinski definition) is 15. The summed E-state index contributed by atoms with van der Waals surface area (Å²) in [5, 5.41) is 7.76. The molecule has 0 aliphatic carbocycles. The van der Waals surface area contributed by atoms with Crippen molar-refractivity contribution in [1.82, 2.24) is 45.3 Å². The lowest BCUT2D eigenvalue weighted by Crippen LogP contribution is -2.69. The summed E-state index contributed by atoms with van der Waals surface area (Å²) in [7, 11) is 8.77. The third-order valence-electron chi connectivity index (χ3n) is 8.09. The summed E-state index contributed by atoms with van der Waals surface area (Å²) in [4.78, 5) is 72.9. The fourth-order valence-electron chi connectivity index (χ4n) is 5.29. The van der Waals surface area contributed by atoms with Crippen molar-refractivity contribution < 1.29 is 71.3 Å². The van der Waals surface area contributed by atoms with Crippen LogP contribution in [0.2, 0.25) is 0 Å². The Kier molecular flexibility index (Phi) is 23.9. The summed E-state index contributed by atoms with van der Waals surface area (Å²) in [6.45, 7) is 1.73. The highest BCUT2D eigenvalue weighted by Gasteiger charge is 2.64. The second kappa shape index (κ2) is 27.7. The van der Waals surface area contributed by atoms with E-state index in [1.807, 2.05) is 0 Å². The van der Waals surface area contributed by atoms with Crippen molar-refractivity contribution in [2.75, 3.05) is 169 Å². The molecule has 2 fully saturated rings. The van der Waals surface area contributed by atoms with Crippen LogP contribution in [0.15, 0.2) is 0 Å². The van der Waals surface area contributed by atoms with Crippen molar-refractivity contribution >= 4 is 30.2 Å². The molecule has 2 heterocycles. The van der Waals surface area contributed by atoms with Crippen LogP contribution >= 0.6 is 0 Å². The molecule has 0 aromatic rings. The molecule has 324 valence electrons. The number of carbonyl (C=O) groups excluding carboxylic acids is 5. The molecule has 3 N–H and O–H groups in total. The zero-order valence-corrected chi connectivity index (χ0v) is 33.4. The smallest absolute Gasteiger partial charge is 0.332 e. The van der Waals surface area contributed by atoms with Gasteiger partial charge in [0.1, 0.15) is 47.0 Å². The number of imide groups is 1. The molecule has 0 aromatic heterocycles. The number of epoxide rings is 1. The first-order valence-corrected chi connectivity index (χ1v) is 17.9. The zero-order valence-electron chi connectivity index (χ0n) is 33.4. The van der Waals surface area contributed by atoms with E-state index in [-0.39, 0.29) is 125 Å². The van der Waals surface area contributed by atoms with E-state index in [0.29, 0.717) is 13.0 Å². The third kappa shape index (κ3) is 16.0. The van der Waals surface area contributed by atoms with Gasteiger partial charge in [0.2, 0.25) is 0 Å². The number of methoxy groups -OCH3 is 6. The standard InChI is InChI=1S/C32H61N9O15/c1-47-21-33-27(42)36(24-50-4)8-7-14-53-18-12-40-30(45)39(11-17-54-15-9-37(25-51-5)28(43)34-22-48-2)31(46)41(32(40)20-56-32)13-19-55-16-10-38(26-52-6)29(44)35-23-49-3/h7-26H2,1-6H3,(H,33,42)(H,34,43)(H,35,44). The van der Waals surface area contributed by atoms with Crippen LogP contribution in [0, 0.1) is 0 Å². The molecule has 24 heteroatoms. The highest BCUT2D eigenvalue weighted by atomic mass is 16.6. The summed E-state index contributed by atoms with van der Waals surface area (Å²) in [6.07, 6.45) is 0.483. The number of amides is 10. The first-order valence-electron chi connectivity index (χ1n) is 17.9. The Hall–Kier alpha value is -3.85. The number of rotatable bonds is 31. The van der Waals surface area contributed by atoms with Crippen LogP contribution in [0.25, 0.3) is 0 Å². The fraction of sp³-hybridized carbons (Fsp3) is 0.844. The highest BCUT2D eigenvalue weighted by molar-refractivity contribution is 5.97. The molecule has 24 nitrogen and oxygen atoms in total. The number of urea groups is 5. The topological polar surface area (TPSA) is 236 Å². The summed E-state index contributed by atoms with van der Waals surface area (Å²) >= 11 is 0. The second-order valence-electron chi connectivity index (χ2n) is 12.0. The maximum absolute atomic E-state index is 13.8. The van der Waals surface area contributed by atoms with Gasteiger partial charge in [0.25, 0.3) is 5.85 Å². The van der Waals surface area contributed by atoms with E-state index in [1.54, 1.807) is 0 Å². The molecule has 0 radical (unpaired) electrons. The van der Waals surface area contributed by atoms with Crippen molar-refractivity contribution in [3.05, 3.63) is 0 Å². The lowest BCUT2D eigenvalue weighted by Gasteiger charge is -2.45. The number of hydrogen-bond donors (Lipinski definition) is 3. The van der Waals surface area contributed by atoms with Crippen molar-refractivity contribution in [2.24, 2.45) is 0 Å². The molecule has 2 aliphatic heterocycles. The van der Waals surface area contributed by atoms with E-state index in [4.69, 9.17) is 47.4 Å². The summed E-state index contributed by atoms with van der Waals surface area (Å²) in [5.41, 5.74) is 0. The lowest BCUT2D eigenvalue weighted by atomic mass is 10.3. The van der Waals surface area contributed by atoms with Gasteiger partial charge in [-0.25, -0.2) is 28.9 Å². The van der Waals surface area contributed by atoms with Gasteiger partial charge in [-0.15, -0.1) is 0 Å². The maximum atomic E-state index is 13.8. The maximum Gasteiger partial charge on any atom is 0.332 e. The summed E-state index contributed by atoms with van der Waals surface area (Å²) in [5.74, 6) is -1.33. The quantitative estimate of drug-likeness (QED) is 0.0430. The van der Waals surface area contributed by atoms with Crippen LogP contribution in [0.4, 0.5) is 24.0 Å². The van der Waals surface area contributed by atoms with E-state index >= 15 is 0 Å². The normalized spacial score (nSPS) is 16.4. The van der Waals surface area contributed by atoms with Gasteiger partial charge in [0.15, 0.2) is 0 Å². The van der Waals surface area contributed by atoms with Gasteiger partial charge in [-0.05, 0) is 6.42 Å². The minimum absolute atomic E-state index is 0.0126. The molecule has 1 spiro atoms. The monoisotopic (exact) mass is 811 g/mol. The summed E-state index contributed by atoms with van der Waals surface area (Å²) in [6, 6.07) is -2.34. The van der Waals surface area contributed by atoms with Gasteiger partial charge in [-0.3, -0.25) is 19.6 Å². The minimum Gasteiger partial charge on any atom is -0.380 e. The first kappa shape index (κ1) is 48.3. The molecule has 10 amide bonds. The predicted octanol–water partition coefficient (Wildman–Crippen LogP) is -1.07. The molecule has 0 aromatic carbocycles. The van der Waals surface area contributed by atoms with Crippen LogP contribution in [0.1, 0.15) is 6.42 Å². The van der Waals surface area contributed by atoms with Gasteiger partial charge in [-0.1, -0.05) is 0 Å². The molecule has 1 unspecified atom stereocenters. The molecule has 2 aliphatic rings. The van der Waals surface area contributed by atoms with E-state index in [2.05, 4.69) is 16.0 Å². The average molecular weight is 812 g/mol. The molecule has 0 saturated carbocycles. The van der Waals surface area contributed by atoms with E-state index in [9.17, 15) is 24.0 Å². The molecular weight excluding hydrogens is 750 g/mol. The van der Waals surface area contributed by atoms with Gasteiger partial charge in [0, 0.05) is 68.9 Å². The Morgan fingerprint density at radius 1 is 0.571 bits per heavy atom. The van der Waals surface area contributed by atoms with Crippen LogP contribution in [0.3, 0.4) is 0 Å². The van der Waals surface area contributed by atoms with Crippen LogP contribution < -0.4 is 16.0 Å². The van der Waals surface area contributed by atoms with Crippen LogP contribution in [-0.2, 0) is 47.4 Å². The minimum atomic E-state index is -1.33. The molecule has 2 saturated heterocycles. The Balaban J connectivity index is 2.04. The number of ether oxygens (including phenoxy) is 10. The third-order valence-corrected chi connectivity index (χ3v) is 8.09. The first-order chi connectivity index (χ1) is 27.1. The Morgan fingerprint density at radius 3 is 1.32 bits per heavy atom. The Bertz CT molecular complexity index is 1170. The van der Waals surface area contributed by atoms with Gasteiger partial charge < -0.3 is 68.2 Å². The molecule has 56 heavy (non-hydrogen) atoms. The second-order valence-corrected chi connectivity index (χ2v) is 12.0. The van der Waals surface area contributed by atoms with Gasteiger partial charge >= 0.3 is 30.2 Å². The SMILES string of the molecule is COCNC(=O)N(CCCOCCN1C(=O)N(CCOCCN(COC)C(=O)NCOC)C(=O)N(CCOCCN(COC)C(=O)NCOC)C12CO2)COC. The zero-order chi connectivity index (χ0) is 41.2. The predicted molar refractivity (Wildman–Crippen MR) is 194 cm³/mol. The van der Waals surface area contributed by atoms with E-state index < -0.39 is 30.0 Å². The average Bonchev–Trinajstić information content (AvgIpc) is 3.99. The molecule has 1 atom stereocenters. The Morgan fingerprint density at radius 2 is 0.946 bits per heavy atom. The largest absolute Gasteiger partial charge is 0.380 e. The summed E-state index contributed by atoms with van der Waals surface area (Å²) < 4.78 is 53.1. The molecular formula is C32H61N9O15. The number of nitrogens with one attached hydrogen (secondary N) is 3. The van der Waals surface area contributed by atoms with Gasteiger partial charge in [0.05, 0.1) is 52.7 Å². The Labute approximate surface area is 327 Å². The van der Waals surface area contributed by atoms with E-state index in [1.165, 1.54) is 67.2 Å². The van der Waals surface area contributed by atoms with Crippen LogP contribution in [0.5, 0.6) is 0 Å². The molecule has 2 rings (SSSR count). The number of nitrogens with zero attached hydrogens (tertiary/aromatic N) is 6.